The van der Waals surface area contributed by atoms with E-state index >= 15 is 0 Å². The van der Waals surface area contributed by atoms with Crippen LogP contribution in [0.25, 0.3) is 0 Å². The van der Waals surface area contributed by atoms with Crippen LogP contribution in [0.3, 0.4) is 0 Å². The van der Waals surface area contributed by atoms with Crippen molar-refractivity contribution in [1.29, 1.82) is 0 Å². The molecule has 1 aromatic carbocycles. The smallest absolute Gasteiger partial charge is 0.231 e. The molecule has 1 amide bonds. The van der Waals surface area contributed by atoms with E-state index in [1.54, 1.807) is 11.3 Å². The van der Waals surface area contributed by atoms with E-state index in [1.807, 2.05) is 31.2 Å². The number of nitrogens with one attached hydrogen (secondary N) is 1. The van der Waals surface area contributed by atoms with Gasteiger partial charge in [0.25, 0.3) is 0 Å². The van der Waals surface area contributed by atoms with Crippen molar-refractivity contribution < 1.29 is 4.79 Å². The second kappa shape index (κ2) is 8.29. The standard InChI is InChI=1S/C22H26N4OS/c1-16-7-9-17(10-8-16)23-21(27)13-22-24-18(15-28-22)14-26-12-4-6-20(26)19-5-3-11-25(19)2/h3,5,7-11,15,20H,4,6,12-14H2,1-2H3,(H,23,27)/t20-/m1/s1. The van der Waals surface area contributed by atoms with Crippen LogP contribution in [-0.4, -0.2) is 26.9 Å². The number of aromatic nitrogens is 2. The molecule has 2 aromatic heterocycles. The Bertz CT molecular complexity index is 944. The van der Waals surface area contributed by atoms with Gasteiger partial charge in [-0.2, -0.15) is 0 Å². The third-order valence-corrected chi connectivity index (χ3v) is 6.20. The van der Waals surface area contributed by atoms with Crippen LogP contribution in [0.2, 0.25) is 0 Å². The second-order valence-corrected chi connectivity index (χ2v) is 8.44. The molecule has 5 nitrogen and oxygen atoms in total. The van der Waals surface area contributed by atoms with Crippen LogP contribution in [0.5, 0.6) is 0 Å². The second-order valence-electron chi connectivity index (χ2n) is 7.50. The van der Waals surface area contributed by atoms with Gasteiger partial charge in [-0.1, -0.05) is 17.7 Å². The summed E-state index contributed by atoms with van der Waals surface area (Å²) in [5, 5.41) is 5.91. The quantitative estimate of drug-likeness (QED) is 0.678. The van der Waals surface area contributed by atoms with Crippen LogP contribution in [0.15, 0.2) is 48.0 Å². The molecule has 0 saturated carbocycles. The Hall–Kier alpha value is -2.44. The molecule has 1 aliphatic heterocycles. The van der Waals surface area contributed by atoms with E-state index in [0.29, 0.717) is 12.5 Å². The van der Waals surface area contributed by atoms with Crippen molar-refractivity contribution in [3.8, 4) is 0 Å². The lowest BCUT2D eigenvalue weighted by Gasteiger charge is -2.24. The Morgan fingerprint density at radius 3 is 2.86 bits per heavy atom. The number of hydrogen-bond acceptors (Lipinski definition) is 4. The van der Waals surface area contributed by atoms with Crippen molar-refractivity contribution >= 4 is 22.9 Å². The zero-order valence-corrected chi connectivity index (χ0v) is 17.2. The molecule has 1 fully saturated rings. The zero-order chi connectivity index (χ0) is 19.5. The first-order valence-corrected chi connectivity index (χ1v) is 10.6. The number of thiazole rings is 1. The van der Waals surface area contributed by atoms with Crippen molar-refractivity contribution in [2.24, 2.45) is 7.05 Å². The van der Waals surface area contributed by atoms with Gasteiger partial charge in [0.2, 0.25) is 5.91 Å². The maximum atomic E-state index is 12.3. The monoisotopic (exact) mass is 394 g/mol. The lowest BCUT2D eigenvalue weighted by molar-refractivity contribution is -0.115. The Morgan fingerprint density at radius 2 is 2.11 bits per heavy atom. The van der Waals surface area contributed by atoms with Crippen molar-refractivity contribution in [2.75, 3.05) is 11.9 Å². The summed E-state index contributed by atoms with van der Waals surface area (Å²) in [5.41, 5.74) is 4.43. The summed E-state index contributed by atoms with van der Waals surface area (Å²) in [4.78, 5) is 19.5. The van der Waals surface area contributed by atoms with Crippen molar-refractivity contribution in [2.45, 2.75) is 38.8 Å². The van der Waals surface area contributed by atoms with Gasteiger partial charge in [0.05, 0.1) is 18.2 Å². The van der Waals surface area contributed by atoms with Crippen LogP contribution in [0, 0.1) is 6.92 Å². The van der Waals surface area contributed by atoms with Crippen molar-refractivity contribution in [3.05, 3.63) is 69.9 Å². The molecule has 28 heavy (non-hydrogen) atoms. The number of benzene rings is 1. The molecular formula is C22H26N4OS. The summed E-state index contributed by atoms with van der Waals surface area (Å²) in [6.07, 6.45) is 4.83. The molecule has 0 unspecified atom stereocenters. The summed E-state index contributed by atoms with van der Waals surface area (Å²) >= 11 is 1.57. The SMILES string of the molecule is Cc1ccc(NC(=O)Cc2nc(CN3CCC[C@@H]3c3cccn3C)cs2)cc1. The van der Waals surface area contributed by atoms with Crippen LogP contribution in [0.1, 0.15) is 40.8 Å². The highest BCUT2D eigenvalue weighted by molar-refractivity contribution is 7.09. The van der Waals surface area contributed by atoms with E-state index in [4.69, 9.17) is 4.98 Å². The highest BCUT2D eigenvalue weighted by Gasteiger charge is 2.28. The number of amides is 1. The van der Waals surface area contributed by atoms with Crippen molar-refractivity contribution in [1.82, 2.24) is 14.5 Å². The molecule has 0 radical (unpaired) electrons. The number of aryl methyl sites for hydroxylation is 2. The van der Waals surface area contributed by atoms with E-state index in [-0.39, 0.29) is 5.91 Å². The molecule has 6 heteroatoms. The summed E-state index contributed by atoms with van der Waals surface area (Å²) in [6, 6.07) is 12.6. The van der Waals surface area contributed by atoms with Gasteiger partial charge in [-0.15, -0.1) is 11.3 Å². The van der Waals surface area contributed by atoms with Gasteiger partial charge < -0.3 is 9.88 Å². The van der Waals surface area contributed by atoms with Gasteiger partial charge >= 0.3 is 0 Å². The summed E-state index contributed by atoms with van der Waals surface area (Å²) < 4.78 is 2.21. The van der Waals surface area contributed by atoms with E-state index in [9.17, 15) is 4.79 Å². The fourth-order valence-electron chi connectivity index (χ4n) is 3.86. The Labute approximate surface area is 170 Å². The first kappa shape index (κ1) is 18.9. The van der Waals surface area contributed by atoms with E-state index in [0.717, 1.165) is 29.5 Å². The van der Waals surface area contributed by atoms with E-state index in [1.165, 1.54) is 24.1 Å². The maximum Gasteiger partial charge on any atom is 0.231 e. The first-order valence-electron chi connectivity index (χ1n) is 9.73. The number of nitrogens with zero attached hydrogens (tertiary/aromatic N) is 3. The predicted octanol–water partition coefficient (Wildman–Crippen LogP) is 4.31. The lowest BCUT2D eigenvalue weighted by atomic mass is 10.1. The van der Waals surface area contributed by atoms with Gasteiger partial charge in [-0.3, -0.25) is 9.69 Å². The third-order valence-electron chi connectivity index (χ3n) is 5.30. The maximum absolute atomic E-state index is 12.3. The number of hydrogen-bond donors (Lipinski definition) is 1. The van der Waals surface area contributed by atoms with E-state index < -0.39 is 0 Å². The molecule has 0 bridgehead atoms. The van der Waals surface area contributed by atoms with E-state index in [2.05, 4.69) is 45.5 Å². The van der Waals surface area contributed by atoms with Crippen LogP contribution in [-0.2, 0) is 24.8 Å². The molecule has 4 rings (SSSR count). The molecule has 1 atom stereocenters. The van der Waals surface area contributed by atoms with Crippen LogP contribution < -0.4 is 5.32 Å². The lowest BCUT2D eigenvalue weighted by Crippen LogP contribution is -2.24. The molecule has 3 aromatic rings. The Balaban J connectivity index is 1.35. The topological polar surface area (TPSA) is 50.2 Å². The van der Waals surface area contributed by atoms with Crippen LogP contribution >= 0.6 is 11.3 Å². The first-order chi connectivity index (χ1) is 13.6. The number of likely N-dealkylation sites (tertiary alicyclic amines) is 1. The molecule has 1 aliphatic rings. The fourth-order valence-corrected chi connectivity index (χ4v) is 4.64. The van der Waals surface area contributed by atoms with Gasteiger partial charge in [0.15, 0.2) is 0 Å². The molecule has 1 saturated heterocycles. The van der Waals surface area contributed by atoms with Gasteiger partial charge in [-0.25, -0.2) is 4.98 Å². The predicted molar refractivity (Wildman–Crippen MR) is 113 cm³/mol. The molecule has 3 heterocycles. The zero-order valence-electron chi connectivity index (χ0n) is 16.4. The van der Waals surface area contributed by atoms with Gasteiger partial charge in [0, 0.05) is 36.6 Å². The Kier molecular flexibility index (Phi) is 5.59. The highest BCUT2D eigenvalue weighted by atomic mass is 32.1. The molecule has 146 valence electrons. The number of carbonyl (C=O) groups is 1. The van der Waals surface area contributed by atoms with Gasteiger partial charge in [-0.05, 0) is 50.6 Å². The minimum Gasteiger partial charge on any atom is -0.353 e. The number of anilines is 1. The normalized spacial score (nSPS) is 17.1. The number of rotatable bonds is 6. The van der Waals surface area contributed by atoms with Gasteiger partial charge in [0.1, 0.15) is 5.01 Å². The van der Waals surface area contributed by atoms with Crippen LogP contribution in [0.4, 0.5) is 5.69 Å². The summed E-state index contributed by atoms with van der Waals surface area (Å²) in [6.45, 7) is 3.97. The third kappa shape index (κ3) is 4.34. The molecule has 0 spiro atoms. The average Bonchev–Trinajstić information content (AvgIpc) is 3.39. The molecule has 1 N–H and O–H groups in total. The molecular weight excluding hydrogens is 368 g/mol. The highest BCUT2D eigenvalue weighted by Crippen LogP contribution is 2.33. The minimum absolute atomic E-state index is 0.0207. The average molecular weight is 395 g/mol. The minimum atomic E-state index is -0.0207. The number of carbonyl (C=O) groups excluding carboxylic acids is 1. The fraction of sp³-hybridized carbons (Fsp3) is 0.364. The summed E-state index contributed by atoms with van der Waals surface area (Å²) in [7, 11) is 2.11. The largest absolute Gasteiger partial charge is 0.353 e. The molecule has 0 aliphatic carbocycles. The summed E-state index contributed by atoms with van der Waals surface area (Å²) in [5.74, 6) is -0.0207. The van der Waals surface area contributed by atoms with Crippen molar-refractivity contribution in [3.63, 3.8) is 0 Å². The Morgan fingerprint density at radius 1 is 1.29 bits per heavy atom.